The van der Waals surface area contributed by atoms with E-state index in [1.165, 1.54) is 101 Å². The number of hydrogen-bond donors (Lipinski definition) is 0. The van der Waals surface area contributed by atoms with Gasteiger partial charge in [-0.05, 0) is 101 Å². The van der Waals surface area contributed by atoms with Crippen molar-refractivity contribution in [2.45, 2.75) is 55.4 Å². The van der Waals surface area contributed by atoms with Crippen LogP contribution in [0.25, 0.3) is 66.4 Å². The first-order chi connectivity index (χ1) is 24.1. The van der Waals surface area contributed by atoms with Crippen molar-refractivity contribution in [2.75, 3.05) is 0 Å². The Labute approximate surface area is 352 Å². The Kier molecular flexibility index (Phi) is 17.0. The SMILES string of the molecule is Cc1cc(-c2cc3c(-c4ccccc4)c(C)c(C)cc3[cH-]2)oc1C.Cc1cc(-c2cc3c(-c4ccccc4)c(C)c(C)cc3[cH-]2)oc1C.Cl.Cl.[CH3-].[CH3-].[Si]=[Zr]. The van der Waals surface area contributed by atoms with Gasteiger partial charge in [-0.2, -0.15) is 0 Å². The fourth-order valence-electron chi connectivity index (χ4n) is 6.87. The molecule has 54 heavy (non-hydrogen) atoms. The van der Waals surface area contributed by atoms with Gasteiger partial charge < -0.3 is 23.7 Å². The summed E-state index contributed by atoms with van der Waals surface area (Å²) in [6, 6.07) is 39.1. The molecule has 0 fully saturated rings. The molecule has 0 aliphatic rings. The number of rotatable bonds is 4. The number of aryl methyl sites for hydroxylation is 6. The molecular formula is C48H50Cl2O2SiZr-4. The van der Waals surface area contributed by atoms with E-state index < -0.39 is 0 Å². The van der Waals surface area contributed by atoms with Crippen LogP contribution in [0.15, 0.2) is 118 Å². The van der Waals surface area contributed by atoms with Crippen LogP contribution in [0.1, 0.15) is 44.9 Å². The Morgan fingerprint density at radius 1 is 0.463 bits per heavy atom. The van der Waals surface area contributed by atoms with Gasteiger partial charge in [0, 0.05) is 0 Å². The van der Waals surface area contributed by atoms with E-state index in [9.17, 15) is 0 Å². The first kappa shape index (κ1) is 46.5. The van der Waals surface area contributed by atoms with Gasteiger partial charge in [0.15, 0.2) is 0 Å². The fourth-order valence-corrected chi connectivity index (χ4v) is 6.87. The molecule has 0 saturated carbocycles. The summed E-state index contributed by atoms with van der Waals surface area (Å²) < 4.78 is 11.9. The minimum absolute atomic E-state index is 0. The van der Waals surface area contributed by atoms with Crippen LogP contribution in [0.4, 0.5) is 0 Å². The zero-order valence-corrected chi connectivity index (χ0v) is 38.1. The Hall–Kier alpha value is -3.66. The van der Waals surface area contributed by atoms with Crippen molar-refractivity contribution in [3.8, 4) is 44.9 Å². The van der Waals surface area contributed by atoms with E-state index in [1.807, 2.05) is 13.8 Å². The second-order valence-corrected chi connectivity index (χ2v) is 13.3. The van der Waals surface area contributed by atoms with Gasteiger partial charge in [-0.1, -0.05) is 94.0 Å². The van der Waals surface area contributed by atoms with Crippen LogP contribution in [0.5, 0.6) is 0 Å². The standard InChI is InChI=1S/2C23H21O.2CH3.2ClH.Si.Zr/c2*1-14-10-19-12-20(22-11-15(2)17(4)24-22)13-21(19)23(16(14)3)18-8-6-5-7-9-18;;;;;;/h2*5-13H,1-4H3;2*1H3;2*1H;;/q4*-1;;;;. The van der Waals surface area contributed by atoms with Crippen molar-refractivity contribution in [3.05, 3.63) is 169 Å². The van der Waals surface area contributed by atoms with Crippen LogP contribution in [0.3, 0.4) is 0 Å². The van der Waals surface area contributed by atoms with E-state index in [0.717, 1.165) is 34.2 Å². The predicted molar refractivity (Wildman–Crippen MR) is 236 cm³/mol. The van der Waals surface area contributed by atoms with E-state index >= 15 is 0 Å². The zero-order valence-electron chi connectivity index (χ0n) is 33.0. The van der Waals surface area contributed by atoms with Crippen LogP contribution in [-0.4, -0.2) is 6.88 Å². The van der Waals surface area contributed by atoms with Crippen LogP contribution < -0.4 is 0 Å². The molecule has 0 N–H and O–H groups in total. The Morgan fingerprint density at radius 2 is 0.796 bits per heavy atom. The van der Waals surface area contributed by atoms with Gasteiger partial charge >= 0.3 is 30.2 Å². The van der Waals surface area contributed by atoms with Crippen molar-refractivity contribution in [2.24, 2.45) is 0 Å². The van der Waals surface area contributed by atoms with E-state index in [-0.39, 0.29) is 39.7 Å². The molecule has 8 rings (SSSR count). The average molecular weight is 849 g/mol. The molecule has 2 aromatic heterocycles. The van der Waals surface area contributed by atoms with Crippen molar-refractivity contribution < 1.29 is 32.2 Å². The molecule has 0 bridgehead atoms. The molecule has 8 aromatic rings. The summed E-state index contributed by atoms with van der Waals surface area (Å²) in [4.78, 5) is 0. The summed E-state index contributed by atoms with van der Waals surface area (Å²) >= 11 is 1.36. The van der Waals surface area contributed by atoms with E-state index in [1.54, 1.807) is 0 Å². The summed E-state index contributed by atoms with van der Waals surface area (Å²) in [5.41, 5.74) is 15.3. The van der Waals surface area contributed by atoms with Crippen LogP contribution >= 0.6 is 24.8 Å². The number of halogens is 2. The molecule has 2 nitrogen and oxygen atoms in total. The summed E-state index contributed by atoms with van der Waals surface area (Å²) in [7, 11) is 0. The molecule has 0 aliphatic heterocycles. The van der Waals surface area contributed by atoms with Gasteiger partial charge in [0.1, 0.15) is 0 Å². The Morgan fingerprint density at radius 3 is 1.09 bits per heavy atom. The monoisotopic (exact) mass is 846 g/mol. The molecule has 280 valence electrons. The van der Waals surface area contributed by atoms with Gasteiger partial charge in [0.2, 0.25) is 0 Å². The normalized spacial score (nSPS) is 10.1. The Balaban J connectivity index is 0.000000334. The predicted octanol–water partition coefficient (Wildman–Crippen LogP) is 14.8. The topological polar surface area (TPSA) is 26.3 Å². The van der Waals surface area contributed by atoms with Gasteiger partial charge in [-0.25, -0.2) is 0 Å². The molecular weight excluding hydrogens is 799 g/mol. The quantitative estimate of drug-likeness (QED) is 0.130. The second-order valence-electron chi connectivity index (χ2n) is 13.3. The third-order valence-corrected chi connectivity index (χ3v) is 10.1. The molecule has 6 aromatic carbocycles. The third kappa shape index (κ3) is 9.23. The first-order valence-corrected chi connectivity index (χ1v) is 21.2. The maximum atomic E-state index is 5.94. The first-order valence-electron chi connectivity index (χ1n) is 17.0. The van der Waals surface area contributed by atoms with Crippen molar-refractivity contribution in [3.63, 3.8) is 0 Å². The van der Waals surface area contributed by atoms with Gasteiger partial charge in [-0.15, -0.1) is 82.8 Å². The maximum absolute atomic E-state index is 5.94. The number of fused-ring (bicyclic) bond motifs is 2. The molecule has 2 radical (unpaired) electrons. The zero-order chi connectivity index (χ0) is 35.7. The minimum atomic E-state index is 0. The number of furan rings is 2. The second kappa shape index (κ2) is 19.8. The van der Waals surface area contributed by atoms with Crippen LogP contribution in [0, 0.1) is 70.2 Å². The third-order valence-electron chi connectivity index (χ3n) is 10.1. The van der Waals surface area contributed by atoms with Gasteiger partial charge in [-0.3, -0.25) is 0 Å². The molecule has 0 aliphatic carbocycles. The molecule has 0 unspecified atom stereocenters. The Bertz CT molecular complexity index is 2240. The molecule has 6 heteroatoms. The van der Waals surface area contributed by atoms with Crippen LogP contribution in [-0.2, 0) is 23.3 Å². The summed E-state index contributed by atoms with van der Waals surface area (Å²) in [5.74, 6) is 3.89. The van der Waals surface area contributed by atoms with Gasteiger partial charge in [0.25, 0.3) is 0 Å². The molecule has 0 amide bonds. The van der Waals surface area contributed by atoms with E-state index in [4.69, 9.17) is 8.83 Å². The molecule has 0 saturated heterocycles. The number of benzene rings is 4. The average Bonchev–Trinajstić information content (AvgIpc) is 3.90. The van der Waals surface area contributed by atoms with E-state index in [2.05, 4.69) is 158 Å². The fraction of sp³-hybridized carbons (Fsp3) is 0.167. The van der Waals surface area contributed by atoms with Crippen molar-refractivity contribution in [1.82, 2.24) is 0 Å². The summed E-state index contributed by atoms with van der Waals surface area (Å²) in [6.45, 7) is 20.1. The molecule has 2 heterocycles. The van der Waals surface area contributed by atoms with Crippen molar-refractivity contribution >= 4 is 53.2 Å². The molecule has 0 spiro atoms. The van der Waals surface area contributed by atoms with Crippen molar-refractivity contribution in [1.29, 1.82) is 0 Å². The van der Waals surface area contributed by atoms with Crippen LogP contribution in [0.2, 0.25) is 0 Å². The number of hydrogen-bond acceptors (Lipinski definition) is 2. The summed E-state index contributed by atoms with van der Waals surface area (Å²) in [5, 5.41) is 5.15. The van der Waals surface area contributed by atoms with E-state index in [0.29, 0.717) is 0 Å². The van der Waals surface area contributed by atoms with Gasteiger partial charge in [0.05, 0.1) is 23.0 Å². The molecule has 0 atom stereocenters. The summed E-state index contributed by atoms with van der Waals surface area (Å²) in [6.07, 6.45) is 0.